The molecule has 0 aliphatic carbocycles. The lowest BCUT2D eigenvalue weighted by atomic mass is 10.2. The Hall–Kier alpha value is -0.170. The molecule has 0 aromatic rings. The first-order chi connectivity index (χ1) is 6.64. The lowest BCUT2D eigenvalue weighted by Crippen LogP contribution is -2.30. The maximum absolute atomic E-state index is 11.1. The summed E-state index contributed by atoms with van der Waals surface area (Å²) in [6.07, 6.45) is 2.99. The zero-order valence-corrected chi connectivity index (χ0v) is 8.92. The molecule has 1 atom stereocenters. The van der Waals surface area contributed by atoms with Crippen LogP contribution in [-0.4, -0.2) is 45.1 Å². The third-order valence-corrected chi connectivity index (χ3v) is 3.54. The van der Waals surface area contributed by atoms with Gasteiger partial charge in [0.25, 0.3) is 0 Å². The van der Waals surface area contributed by atoms with Gasteiger partial charge in [-0.3, -0.25) is 0 Å². The number of nitrogens with one attached hydrogen (secondary N) is 1. The first-order valence-electron chi connectivity index (χ1n) is 4.84. The highest BCUT2D eigenvalue weighted by atomic mass is 32.2. The molecule has 5 nitrogen and oxygen atoms in total. The molecule has 1 aliphatic rings. The lowest BCUT2D eigenvalue weighted by molar-refractivity contribution is 0.105. The highest BCUT2D eigenvalue weighted by Crippen LogP contribution is 2.14. The van der Waals surface area contributed by atoms with Gasteiger partial charge in [0.05, 0.1) is 18.5 Å². The van der Waals surface area contributed by atoms with Crippen molar-refractivity contribution in [2.45, 2.75) is 25.4 Å². The number of aliphatic hydroxyl groups excluding tert-OH is 1. The molecular formula is C8H17NO4S. The summed E-state index contributed by atoms with van der Waals surface area (Å²) in [5.41, 5.74) is 0. The summed E-state index contributed by atoms with van der Waals surface area (Å²) >= 11 is 0. The second-order valence-electron chi connectivity index (χ2n) is 3.36. The zero-order chi connectivity index (χ0) is 10.4. The van der Waals surface area contributed by atoms with E-state index in [0.717, 1.165) is 19.4 Å². The Balaban J connectivity index is 2.13. The van der Waals surface area contributed by atoms with Crippen LogP contribution in [0.15, 0.2) is 0 Å². The van der Waals surface area contributed by atoms with Crippen molar-refractivity contribution in [1.82, 2.24) is 4.72 Å². The van der Waals surface area contributed by atoms with Crippen LogP contribution >= 0.6 is 0 Å². The fourth-order valence-corrected chi connectivity index (χ4v) is 2.25. The monoisotopic (exact) mass is 223 g/mol. The molecule has 6 heteroatoms. The first-order valence-corrected chi connectivity index (χ1v) is 6.49. The van der Waals surface area contributed by atoms with Crippen LogP contribution in [0.5, 0.6) is 0 Å². The molecule has 0 radical (unpaired) electrons. The van der Waals surface area contributed by atoms with Crippen LogP contribution in [-0.2, 0) is 14.8 Å². The number of aliphatic hydroxyl groups is 1. The van der Waals surface area contributed by atoms with Gasteiger partial charge in [-0.15, -0.1) is 0 Å². The lowest BCUT2D eigenvalue weighted by Gasteiger charge is -2.09. The van der Waals surface area contributed by atoms with E-state index in [1.165, 1.54) is 0 Å². The molecule has 2 N–H and O–H groups in total. The van der Waals surface area contributed by atoms with Crippen molar-refractivity contribution in [1.29, 1.82) is 0 Å². The standard InChI is InChI=1S/C8H17NO4S/c10-5-7-14(11,12)9-4-3-8-2-1-6-13-8/h8-10H,1-7H2. The predicted octanol–water partition coefficient (Wildman–Crippen LogP) is -0.533. The van der Waals surface area contributed by atoms with E-state index in [-0.39, 0.29) is 18.5 Å². The van der Waals surface area contributed by atoms with E-state index >= 15 is 0 Å². The van der Waals surface area contributed by atoms with Crippen molar-refractivity contribution in [3.63, 3.8) is 0 Å². The van der Waals surface area contributed by atoms with E-state index in [2.05, 4.69) is 4.72 Å². The zero-order valence-electron chi connectivity index (χ0n) is 8.11. The van der Waals surface area contributed by atoms with E-state index in [9.17, 15) is 8.42 Å². The van der Waals surface area contributed by atoms with E-state index in [0.29, 0.717) is 13.0 Å². The molecule has 1 heterocycles. The van der Waals surface area contributed by atoms with E-state index < -0.39 is 10.0 Å². The Morgan fingerprint density at radius 2 is 2.29 bits per heavy atom. The Labute approximate surface area is 84.5 Å². The molecule has 0 amide bonds. The third kappa shape index (κ3) is 4.36. The van der Waals surface area contributed by atoms with Gasteiger partial charge in [-0.05, 0) is 19.3 Å². The molecule has 0 aromatic heterocycles. The fourth-order valence-electron chi connectivity index (χ4n) is 1.44. The normalized spacial score (nSPS) is 22.8. The molecule has 0 aromatic carbocycles. The highest BCUT2D eigenvalue weighted by molar-refractivity contribution is 7.89. The van der Waals surface area contributed by atoms with Gasteiger partial charge < -0.3 is 9.84 Å². The van der Waals surface area contributed by atoms with Gasteiger partial charge in [0.1, 0.15) is 0 Å². The minimum Gasteiger partial charge on any atom is -0.395 e. The number of rotatable bonds is 6. The van der Waals surface area contributed by atoms with Crippen LogP contribution in [0.3, 0.4) is 0 Å². The Morgan fingerprint density at radius 3 is 2.86 bits per heavy atom. The molecule has 0 saturated carbocycles. The van der Waals surface area contributed by atoms with Crippen LogP contribution in [0.2, 0.25) is 0 Å². The van der Waals surface area contributed by atoms with E-state index in [4.69, 9.17) is 9.84 Å². The molecule has 1 rings (SSSR count). The van der Waals surface area contributed by atoms with Gasteiger partial charge in [0, 0.05) is 13.2 Å². The largest absolute Gasteiger partial charge is 0.395 e. The summed E-state index contributed by atoms with van der Waals surface area (Å²) in [4.78, 5) is 0. The van der Waals surface area contributed by atoms with Crippen LogP contribution in [0.1, 0.15) is 19.3 Å². The predicted molar refractivity (Wildman–Crippen MR) is 52.5 cm³/mol. The summed E-state index contributed by atoms with van der Waals surface area (Å²) in [6.45, 7) is 0.844. The van der Waals surface area contributed by atoms with Gasteiger partial charge in [-0.25, -0.2) is 13.1 Å². The number of sulfonamides is 1. The Bertz CT molecular complexity index is 246. The molecule has 1 saturated heterocycles. The summed E-state index contributed by atoms with van der Waals surface area (Å²) in [7, 11) is -3.28. The maximum Gasteiger partial charge on any atom is 0.213 e. The average molecular weight is 223 g/mol. The summed E-state index contributed by atoms with van der Waals surface area (Å²) < 4.78 is 29.9. The second-order valence-corrected chi connectivity index (χ2v) is 5.29. The first kappa shape index (κ1) is 11.9. The average Bonchev–Trinajstić information content (AvgIpc) is 2.56. The van der Waals surface area contributed by atoms with E-state index in [1.54, 1.807) is 0 Å². The molecule has 1 fully saturated rings. The topological polar surface area (TPSA) is 75.6 Å². The summed E-state index contributed by atoms with van der Waals surface area (Å²) in [6, 6.07) is 0. The SMILES string of the molecule is O=S(=O)(CCO)NCCC1CCCO1. The van der Waals surface area contributed by atoms with Crippen LogP contribution < -0.4 is 4.72 Å². The molecule has 0 spiro atoms. The second kappa shape index (κ2) is 5.65. The minimum atomic E-state index is -3.28. The van der Waals surface area contributed by atoms with Crippen LogP contribution in [0.4, 0.5) is 0 Å². The smallest absolute Gasteiger partial charge is 0.213 e. The third-order valence-electron chi connectivity index (χ3n) is 2.17. The summed E-state index contributed by atoms with van der Waals surface area (Å²) in [5.74, 6) is -0.224. The van der Waals surface area contributed by atoms with Gasteiger partial charge in [0.15, 0.2) is 0 Å². The van der Waals surface area contributed by atoms with Gasteiger partial charge in [0.2, 0.25) is 10.0 Å². The number of hydrogen-bond acceptors (Lipinski definition) is 4. The fraction of sp³-hybridized carbons (Fsp3) is 1.00. The van der Waals surface area contributed by atoms with E-state index in [1.807, 2.05) is 0 Å². The Kier molecular flexibility index (Phi) is 4.80. The van der Waals surface area contributed by atoms with Crippen molar-refractivity contribution < 1.29 is 18.3 Å². The van der Waals surface area contributed by atoms with Crippen molar-refractivity contribution in [3.05, 3.63) is 0 Å². The van der Waals surface area contributed by atoms with Crippen molar-refractivity contribution in [2.75, 3.05) is 25.5 Å². The number of ether oxygens (including phenoxy) is 1. The maximum atomic E-state index is 11.1. The minimum absolute atomic E-state index is 0.201. The molecule has 84 valence electrons. The van der Waals surface area contributed by atoms with Crippen LogP contribution in [0, 0.1) is 0 Å². The molecular weight excluding hydrogens is 206 g/mol. The van der Waals surface area contributed by atoms with Crippen molar-refractivity contribution in [2.24, 2.45) is 0 Å². The molecule has 14 heavy (non-hydrogen) atoms. The Morgan fingerprint density at radius 1 is 1.50 bits per heavy atom. The quantitative estimate of drug-likeness (QED) is 0.634. The van der Waals surface area contributed by atoms with Crippen molar-refractivity contribution in [3.8, 4) is 0 Å². The number of hydrogen-bond donors (Lipinski definition) is 2. The van der Waals surface area contributed by atoms with Crippen molar-refractivity contribution >= 4 is 10.0 Å². The highest BCUT2D eigenvalue weighted by Gasteiger charge is 2.16. The van der Waals surface area contributed by atoms with Gasteiger partial charge in [-0.1, -0.05) is 0 Å². The van der Waals surface area contributed by atoms with Gasteiger partial charge in [-0.2, -0.15) is 0 Å². The van der Waals surface area contributed by atoms with Crippen LogP contribution in [0.25, 0.3) is 0 Å². The molecule has 1 unspecified atom stereocenters. The molecule has 1 aliphatic heterocycles. The summed E-state index contributed by atoms with van der Waals surface area (Å²) in [5, 5.41) is 8.47. The van der Waals surface area contributed by atoms with Gasteiger partial charge >= 0.3 is 0 Å². The molecule has 0 bridgehead atoms.